The standard InChI is InChI=1S/C26H36N4O5S/c1-4-5-19(31)15-30(9-8-29-10-12-35-13-11-29)16-23-27-25(32)24-20(17-36-26(24)28-23)18-6-7-21(33-2)22(14-18)34-3/h6-7,14,17,19,31H,4-5,8-13,15-16H2,1-3H3,(H,27,28,32). The van der Waals surface area contributed by atoms with Crippen LogP contribution in [-0.4, -0.2) is 91.1 Å². The van der Waals surface area contributed by atoms with Crippen LogP contribution in [0.1, 0.15) is 25.6 Å². The number of aliphatic hydroxyl groups is 1. The Morgan fingerprint density at radius 2 is 2.03 bits per heavy atom. The molecule has 1 aliphatic rings. The maximum atomic E-state index is 13.2. The maximum Gasteiger partial charge on any atom is 0.260 e. The molecule has 9 nitrogen and oxygen atoms in total. The number of benzene rings is 1. The number of hydrogen-bond acceptors (Lipinski definition) is 9. The van der Waals surface area contributed by atoms with E-state index in [-0.39, 0.29) is 5.56 Å². The molecule has 3 aromatic rings. The van der Waals surface area contributed by atoms with Crippen molar-refractivity contribution in [1.29, 1.82) is 0 Å². The third kappa shape index (κ3) is 6.43. The number of morpholine rings is 1. The molecule has 1 atom stereocenters. The van der Waals surface area contributed by atoms with Crippen molar-refractivity contribution in [2.75, 3.05) is 60.2 Å². The monoisotopic (exact) mass is 516 g/mol. The summed E-state index contributed by atoms with van der Waals surface area (Å²) in [6.45, 7) is 8.10. The minimum absolute atomic E-state index is 0.164. The molecule has 0 amide bonds. The van der Waals surface area contributed by atoms with Gasteiger partial charge in [0.05, 0.1) is 45.5 Å². The van der Waals surface area contributed by atoms with E-state index in [1.807, 2.05) is 23.6 Å². The Kier molecular flexibility index (Phi) is 9.33. The molecule has 10 heteroatoms. The number of aromatic amines is 1. The van der Waals surface area contributed by atoms with Crippen LogP contribution in [0.2, 0.25) is 0 Å². The molecule has 2 aromatic heterocycles. The highest BCUT2D eigenvalue weighted by atomic mass is 32.1. The Morgan fingerprint density at radius 3 is 2.75 bits per heavy atom. The number of ether oxygens (including phenoxy) is 3. The number of nitrogens with one attached hydrogen (secondary N) is 1. The van der Waals surface area contributed by atoms with E-state index in [0.717, 1.165) is 63.4 Å². The average molecular weight is 517 g/mol. The second-order valence-electron chi connectivity index (χ2n) is 9.04. The third-order valence-corrected chi connectivity index (χ3v) is 7.36. The van der Waals surface area contributed by atoms with E-state index in [0.29, 0.717) is 40.6 Å². The molecule has 1 aromatic carbocycles. The first kappa shape index (κ1) is 26.6. The van der Waals surface area contributed by atoms with Gasteiger partial charge < -0.3 is 24.3 Å². The minimum Gasteiger partial charge on any atom is -0.493 e. The van der Waals surface area contributed by atoms with Crippen LogP contribution in [-0.2, 0) is 11.3 Å². The van der Waals surface area contributed by atoms with Crippen molar-refractivity contribution >= 4 is 21.6 Å². The van der Waals surface area contributed by atoms with Gasteiger partial charge >= 0.3 is 0 Å². The maximum absolute atomic E-state index is 13.2. The van der Waals surface area contributed by atoms with Gasteiger partial charge in [-0.15, -0.1) is 11.3 Å². The summed E-state index contributed by atoms with van der Waals surface area (Å²) in [6, 6.07) is 5.62. The molecule has 1 aliphatic heterocycles. The summed E-state index contributed by atoms with van der Waals surface area (Å²) in [6.07, 6.45) is 1.26. The first-order chi connectivity index (χ1) is 17.5. The first-order valence-corrected chi connectivity index (χ1v) is 13.3. The zero-order valence-corrected chi connectivity index (χ0v) is 22.1. The molecular weight excluding hydrogens is 480 g/mol. The molecule has 0 aliphatic carbocycles. The number of rotatable bonds is 12. The summed E-state index contributed by atoms with van der Waals surface area (Å²) in [7, 11) is 3.19. The topological polar surface area (TPSA) is 100 Å². The number of fused-ring (bicyclic) bond motifs is 1. The third-order valence-electron chi connectivity index (χ3n) is 6.49. The van der Waals surface area contributed by atoms with Crippen LogP contribution >= 0.6 is 11.3 Å². The molecule has 1 fully saturated rings. The fourth-order valence-corrected chi connectivity index (χ4v) is 5.53. The largest absolute Gasteiger partial charge is 0.493 e. The van der Waals surface area contributed by atoms with Crippen molar-refractivity contribution in [1.82, 2.24) is 19.8 Å². The molecule has 4 rings (SSSR count). The Morgan fingerprint density at radius 1 is 1.25 bits per heavy atom. The van der Waals surface area contributed by atoms with Gasteiger partial charge in [-0.25, -0.2) is 4.98 Å². The number of thiophene rings is 1. The van der Waals surface area contributed by atoms with Gasteiger partial charge in [-0.3, -0.25) is 14.6 Å². The molecule has 1 unspecified atom stereocenters. The lowest BCUT2D eigenvalue weighted by atomic mass is 10.1. The average Bonchev–Trinajstić information content (AvgIpc) is 3.32. The van der Waals surface area contributed by atoms with E-state index in [2.05, 4.69) is 21.7 Å². The molecule has 0 bridgehead atoms. The van der Waals surface area contributed by atoms with Crippen molar-refractivity contribution in [3.05, 3.63) is 39.8 Å². The highest BCUT2D eigenvalue weighted by molar-refractivity contribution is 7.17. The van der Waals surface area contributed by atoms with E-state index in [1.165, 1.54) is 11.3 Å². The highest BCUT2D eigenvalue weighted by Gasteiger charge is 2.19. The van der Waals surface area contributed by atoms with E-state index >= 15 is 0 Å². The molecule has 3 heterocycles. The predicted molar refractivity (Wildman–Crippen MR) is 142 cm³/mol. The number of aliphatic hydroxyl groups excluding tert-OH is 1. The molecule has 2 N–H and O–H groups in total. The van der Waals surface area contributed by atoms with E-state index in [9.17, 15) is 9.90 Å². The highest BCUT2D eigenvalue weighted by Crippen LogP contribution is 2.36. The second-order valence-corrected chi connectivity index (χ2v) is 9.90. The van der Waals surface area contributed by atoms with Crippen molar-refractivity contribution in [2.24, 2.45) is 0 Å². The van der Waals surface area contributed by atoms with Gasteiger partial charge in [-0.2, -0.15) is 0 Å². The lowest BCUT2D eigenvalue weighted by Crippen LogP contribution is -2.43. The Labute approximate surface area is 215 Å². The van der Waals surface area contributed by atoms with Crippen LogP contribution in [0.5, 0.6) is 11.5 Å². The fourth-order valence-electron chi connectivity index (χ4n) is 4.56. The van der Waals surface area contributed by atoms with Crippen LogP contribution < -0.4 is 15.0 Å². The summed E-state index contributed by atoms with van der Waals surface area (Å²) in [5, 5.41) is 13.0. The van der Waals surface area contributed by atoms with Crippen LogP contribution in [0.25, 0.3) is 21.3 Å². The van der Waals surface area contributed by atoms with E-state index < -0.39 is 6.10 Å². The number of nitrogens with zero attached hydrogens (tertiary/aromatic N) is 3. The van der Waals surface area contributed by atoms with Gasteiger partial charge in [-0.05, 0) is 24.1 Å². The van der Waals surface area contributed by atoms with E-state index in [4.69, 9.17) is 19.2 Å². The van der Waals surface area contributed by atoms with Crippen molar-refractivity contribution in [3.8, 4) is 22.6 Å². The normalized spacial score (nSPS) is 15.5. The van der Waals surface area contributed by atoms with Crippen LogP contribution in [0.3, 0.4) is 0 Å². The summed E-state index contributed by atoms with van der Waals surface area (Å²) < 4.78 is 16.2. The molecule has 0 radical (unpaired) electrons. The quantitative estimate of drug-likeness (QED) is 0.379. The second kappa shape index (κ2) is 12.6. The lowest BCUT2D eigenvalue weighted by molar-refractivity contribution is 0.0285. The fraction of sp³-hybridized carbons (Fsp3) is 0.538. The number of hydrogen-bond donors (Lipinski definition) is 2. The molecular formula is C26H36N4O5S. The van der Waals surface area contributed by atoms with E-state index in [1.54, 1.807) is 14.2 Å². The SMILES string of the molecule is CCCC(O)CN(CCN1CCOCC1)Cc1nc2scc(-c3ccc(OC)c(OC)c3)c2c(=O)[nH]1. The predicted octanol–water partition coefficient (Wildman–Crippen LogP) is 2.96. The lowest BCUT2D eigenvalue weighted by Gasteiger charge is -2.30. The number of H-pyrrole nitrogens is 1. The molecule has 36 heavy (non-hydrogen) atoms. The summed E-state index contributed by atoms with van der Waals surface area (Å²) in [4.78, 5) is 26.3. The van der Waals surface area contributed by atoms with Crippen molar-refractivity contribution < 1.29 is 19.3 Å². The summed E-state index contributed by atoms with van der Waals surface area (Å²) >= 11 is 1.45. The van der Waals surface area contributed by atoms with Crippen LogP contribution in [0, 0.1) is 0 Å². The Hall–Kier alpha value is -2.50. The smallest absolute Gasteiger partial charge is 0.260 e. The number of aromatic nitrogens is 2. The summed E-state index contributed by atoms with van der Waals surface area (Å²) in [5.41, 5.74) is 1.52. The van der Waals surface area contributed by atoms with Gasteiger partial charge in [0.15, 0.2) is 11.5 Å². The molecule has 196 valence electrons. The van der Waals surface area contributed by atoms with Crippen molar-refractivity contribution in [3.63, 3.8) is 0 Å². The zero-order valence-electron chi connectivity index (χ0n) is 21.3. The molecule has 0 spiro atoms. The number of methoxy groups -OCH3 is 2. The molecule has 1 saturated heterocycles. The zero-order chi connectivity index (χ0) is 25.5. The Bertz CT molecular complexity index is 1190. The first-order valence-electron chi connectivity index (χ1n) is 12.5. The molecule has 0 saturated carbocycles. The minimum atomic E-state index is -0.409. The van der Waals surface area contributed by atoms with Crippen molar-refractivity contribution in [2.45, 2.75) is 32.4 Å². The van der Waals surface area contributed by atoms with Gasteiger partial charge in [0.25, 0.3) is 5.56 Å². The van der Waals surface area contributed by atoms with Gasteiger partial charge in [-0.1, -0.05) is 19.4 Å². The van der Waals surface area contributed by atoms with Gasteiger partial charge in [0.1, 0.15) is 10.7 Å². The van der Waals surface area contributed by atoms with Gasteiger partial charge in [0, 0.05) is 43.7 Å². The van der Waals surface area contributed by atoms with Crippen LogP contribution in [0.15, 0.2) is 28.4 Å². The summed E-state index contributed by atoms with van der Waals surface area (Å²) in [5.74, 6) is 1.85. The van der Waals surface area contributed by atoms with Gasteiger partial charge in [0.2, 0.25) is 0 Å². The van der Waals surface area contributed by atoms with Crippen LogP contribution in [0.4, 0.5) is 0 Å². The Balaban J connectivity index is 1.56.